The Balaban J connectivity index is 3.55. The zero-order chi connectivity index (χ0) is 10.1. The molecule has 0 aliphatic carbocycles. The van der Waals surface area contributed by atoms with Crippen LogP contribution in [-0.2, 0) is 0 Å². The van der Waals surface area contributed by atoms with Crippen molar-refractivity contribution in [2.45, 2.75) is 20.3 Å². The summed E-state index contributed by atoms with van der Waals surface area (Å²) in [5, 5.41) is 8.83. The van der Waals surface area contributed by atoms with Crippen molar-refractivity contribution < 1.29 is 5.11 Å². The first-order chi connectivity index (χ1) is 6.24. The molecule has 0 unspecified atom stereocenters. The lowest BCUT2D eigenvalue weighted by atomic mass is 10.4. The van der Waals surface area contributed by atoms with Gasteiger partial charge in [0.2, 0.25) is 0 Å². The van der Waals surface area contributed by atoms with Crippen LogP contribution in [0.2, 0.25) is 0 Å². The van der Waals surface area contributed by atoms with Gasteiger partial charge in [0.25, 0.3) is 0 Å². The van der Waals surface area contributed by atoms with Crippen LogP contribution in [0.3, 0.4) is 0 Å². The van der Waals surface area contributed by atoms with Gasteiger partial charge in [-0.3, -0.25) is 4.90 Å². The molecule has 0 spiro atoms. The van der Waals surface area contributed by atoms with Crippen LogP contribution in [0.25, 0.3) is 0 Å². The maximum absolute atomic E-state index is 8.83. The van der Waals surface area contributed by atoms with Gasteiger partial charge >= 0.3 is 0 Å². The first-order valence-electron chi connectivity index (χ1n) is 5.26. The van der Waals surface area contributed by atoms with E-state index in [-0.39, 0.29) is 6.61 Å². The van der Waals surface area contributed by atoms with Gasteiger partial charge in [0.15, 0.2) is 0 Å². The fraction of sp³-hybridized carbons (Fsp3) is 1.00. The molecule has 1 N–H and O–H groups in total. The van der Waals surface area contributed by atoms with Gasteiger partial charge in [-0.1, -0.05) is 13.8 Å². The first-order valence-corrected chi connectivity index (χ1v) is 5.26. The summed E-state index contributed by atoms with van der Waals surface area (Å²) in [5.74, 6) is 0. The molecule has 0 aromatic heterocycles. The van der Waals surface area contributed by atoms with E-state index in [2.05, 4.69) is 30.7 Å². The highest BCUT2D eigenvalue weighted by atomic mass is 16.3. The lowest BCUT2D eigenvalue weighted by molar-refractivity contribution is 0.179. The van der Waals surface area contributed by atoms with Crippen LogP contribution in [0.5, 0.6) is 0 Å². The van der Waals surface area contributed by atoms with Crippen LogP contribution in [0, 0.1) is 0 Å². The molecule has 0 radical (unpaired) electrons. The van der Waals surface area contributed by atoms with E-state index in [0.29, 0.717) is 0 Å². The van der Waals surface area contributed by atoms with E-state index in [4.69, 9.17) is 5.11 Å². The summed E-state index contributed by atoms with van der Waals surface area (Å²) >= 11 is 0. The minimum absolute atomic E-state index is 0.274. The topological polar surface area (TPSA) is 26.7 Å². The van der Waals surface area contributed by atoms with E-state index in [0.717, 1.165) is 39.1 Å². The van der Waals surface area contributed by atoms with Crippen LogP contribution in [0.4, 0.5) is 0 Å². The van der Waals surface area contributed by atoms with Crippen molar-refractivity contribution in [2.24, 2.45) is 0 Å². The Morgan fingerprint density at radius 1 is 1.00 bits per heavy atom. The normalized spacial score (nSPS) is 11.5. The summed E-state index contributed by atoms with van der Waals surface area (Å²) in [6.07, 6.45) is 1.16. The zero-order valence-corrected chi connectivity index (χ0v) is 9.29. The fourth-order valence-electron chi connectivity index (χ4n) is 1.26. The van der Waals surface area contributed by atoms with Gasteiger partial charge in [0, 0.05) is 19.6 Å². The van der Waals surface area contributed by atoms with Gasteiger partial charge in [0.1, 0.15) is 0 Å². The van der Waals surface area contributed by atoms with Crippen LogP contribution in [-0.4, -0.2) is 61.3 Å². The Kier molecular flexibility index (Phi) is 8.40. The van der Waals surface area contributed by atoms with Crippen molar-refractivity contribution >= 4 is 0 Å². The molecule has 0 aromatic rings. The summed E-state index contributed by atoms with van der Waals surface area (Å²) < 4.78 is 0. The molecule has 0 fully saturated rings. The molecule has 0 heterocycles. The highest BCUT2D eigenvalue weighted by Gasteiger charge is 2.03. The van der Waals surface area contributed by atoms with E-state index in [1.54, 1.807) is 0 Å². The van der Waals surface area contributed by atoms with Crippen LogP contribution < -0.4 is 0 Å². The molecular formula is C10H24N2O. The van der Waals surface area contributed by atoms with Gasteiger partial charge in [0.05, 0.1) is 6.61 Å². The highest BCUT2D eigenvalue weighted by molar-refractivity contribution is 4.59. The number of aliphatic hydroxyl groups excluding tert-OH is 1. The zero-order valence-electron chi connectivity index (χ0n) is 9.29. The number of rotatable bonds is 8. The Hall–Kier alpha value is -0.120. The Morgan fingerprint density at radius 2 is 1.69 bits per heavy atom. The van der Waals surface area contributed by atoms with Crippen molar-refractivity contribution in [1.82, 2.24) is 9.80 Å². The molecule has 13 heavy (non-hydrogen) atoms. The molecule has 0 amide bonds. The standard InChI is InChI=1S/C10H24N2O/c1-4-6-12(9-10-13)8-7-11(3)5-2/h13H,4-10H2,1-3H3. The summed E-state index contributed by atoms with van der Waals surface area (Å²) in [6, 6.07) is 0. The van der Waals surface area contributed by atoms with Gasteiger partial charge in [-0.15, -0.1) is 0 Å². The predicted octanol–water partition coefficient (Wildman–Crippen LogP) is 0.642. The molecule has 3 nitrogen and oxygen atoms in total. The van der Waals surface area contributed by atoms with Crippen LogP contribution >= 0.6 is 0 Å². The Morgan fingerprint density at radius 3 is 2.15 bits per heavy atom. The third kappa shape index (κ3) is 6.99. The lowest BCUT2D eigenvalue weighted by Crippen LogP contribution is -2.35. The van der Waals surface area contributed by atoms with E-state index >= 15 is 0 Å². The van der Waals surface area contributed by atoms with Gasteiger partial charge in [-0.2, -0.15) is 0 Å². The molecule has 0 aromatic carbocycles. The molecular weight excluding hydrogens is 164 g/mol. The molecule has 0 rings (SSSR count). The van der Waals surface area contributed by atoms with Crippen LogP contribution in [0.1, 0.15) is 20.3 Å². The minimum atomic E-state index is 0.274. The molecule has 0 saturated heterocycles. The average molecular weight is 188 g/mol. The SMILES string of the molecule is CCCN(CCO)CCN(C)CC. The van der Waals surface area contributed by atoms with E-state index in [1.807, 2.05) is 0 Å². The number of nitrogens with zero attached hydrogens (tertiary/aromatic N) is 2. The van der Waals surface area contributed by atoms with Crippen molar-refractivity contribution in [1.29, 1.82) is 0 Å². The maximum Gasteiger partial charge on any atom is 0.0558 e. The second-order valence-electron chi connectivity index (χ2n) is 3.46. The third-order valence-corrected chi connectivity index (χ3v) is 2.29. The summed E-state index contributed by atoms with van der Waals surface area (Å²) in [7, 11) is 2.13. The Labute approximate surface area is 82.3 Å². The molecule has 0 atom stereocenters. The van der Waals surface area contributed by atoms with E-state index < -0.39 is 0 Å². The molecule has 0 saturated carbocycles. The molecule has 0 aliphatic heterocycles. The number of hydrogen-bond acceptors (Lipinski definition) is 3. The Bertz CT molecular complexity index is 103. The average Bonchev–Trinajstić information content (AvgIpc) is 2.14. The third-order valence-electron chi connectivity index (χ3n) is 2.29. The molecule has 80 valence electrons. The number of likely N-dealkylation sites (N-methyl/N-ethyl adjacent to an activating group) is 1. The number of aliphatic hydroxyl groups is 1. The largest absolute Gasteiger partial charge is 0.395 e. The second kappa shape index (κ2) is 8.48. The summed E-state index contributed by atoms with van der Waals surface area (Å²) in [6.45, 7) is 9.78. The fourth-order valence-corrected chi connectivity index (χ4v) is 1.26. The van der Waals surface area contributed by atoms with Gasteiger partial charge in [-0.25, -0.2) is 0 Å². The van der Waals surface area contributed by atoms with E-state index in [1.165, 1.54) is 0 Å². The first kappa shape index (κ1) is 12.9. The van der Waals surface area contributed by atoms with E-state index in [9.17, 15) is 0 Å². The minimum Gasteiger partial charge on any atom is -0.395 e. The lowest BCUT2D eigenvalue weighted by Gasteiger charge is -2.23. The highest BCUT2D eigenvalue weighted by Crippen LogP contribution is 1.92. The molecule has 0 aliphatic rings. The molecule has 0 bridgehead atoms. The monoisotopic (exact) mass is 188 g/mol. The van der Waals surface area contributed by atoms with Crippen molar-refractivity contribution in [3.8, 4) is 0 Å². The van der Waals surface area contributed by atoms with Gasteiger partial charge in [-0.05, 0) is 26.6 Å². The van der Waals surface area contributed by atoms with Gasteiger partial charge < -0.3 is 10.0 Å². The smallest absolute Gasteiger partial charge is 0.0558 e. The van der Waals surface area contributed by atoms with Crippen LogP contribution in [0.15, 0.2) is 0 Å². The quantitative estimate of drug-likeness (QED) is 0.605. The molecule has 3 heteroatoms. The maximum atomic E-state index is 8.83. The van der Waals surface area contributed by atoms with Crippen molar-refractivity contribution in [3.63, 3.8) is 0 Å². The summed E-state index contributed by atoms with van der Waals surface area (Å²) in [4.78, 5) is 4.60. The second-order valence-corrected chi connectivity index (χ2v) is 3.46. The van der Waals surface area contributed by atoms with Crippen molar-refractivity contribution in [2.75, 3.05) is 46.4 Å². The van der Waals surface area contributed by atoms with Crippen molar-refractivity contribution in [3.05, 3.63) is 0 Å². The number of hydrogen-bond donors (Lipinski definition) is 1. The summed E-state index contributed by atoms with van der Waals surface area (Å²) in [5.41, 5.74) is 0. The predicted molar refractivity (Wildman–Crippen MR) is 57.0 cm³/mol.